The summed E-state index contributed by atoms with van der Waals surface area (Å²) >= 11 is 0. The van der Waals surface area contributed by atoms with Crippen LogP contribution in [0, 0.1) is 6.92 Å². The second kappa shape index (κ2) is 6.60. The van der Waals surface area contributed by atoms with Gasteiger partial charge in [-0.1, -0.05) is 25.3 Å². The quantitative estimate of drug-likeness (QED) is 0.932. The van der Waals surface area contributed by atoms with Crippen molar-refractivity contribution < 1.29 is 14.3 Å². The van der Waals surface area contributed by atoms with Crippen LogP contribution in [-0.2, 0) is 9.59 Å². The van der Waals surface area contributed by atoms with Crippen molar-refractivity contribution in [2.45, 2.75) is 58.0 Å². The van der Waals surface area contributed by atoms with Crippen molar-refractivity contribution in [3.63, 3.8) is 0 Å². The lowest BCUT2D eigenvalue weighted by atomic mass is 9.95. The molecule has 3 rings (SSSR count). The molecule has 1 fully saturated rings. The van der Waals surface area contributed by atoms with Crippen LogP contribution in [0.2, 0.25) is 0 Å². The minimum Gasteiger partial charge on any atom is -0.482 e. The van der Waals surface area contributed by atoms with Gasteiger partial charge in [0.1, 0.15) is 11.8 Å². The summed E-state index contributed by atoms with van der Waals surface area (Å²) in [6.07, 6.45) is 5.64. The molecule has 1 saturated carbocycles. The van der Waals surface area contributed by atoms with Crippen molar-refractivity contribution in [3.8, 4) is 5.75 Å². The van der Waals surface area contributed by atoms with Gasteiger partial charge < -0.3 is 10.1 Å². The molecule has 0 radical (unpaired) electrons. The molecule has 23 heavy (non-hydrogen) atoms. The molecule has 124 valence electrons. The molecule has 0 spiro atoms. The number of ether oxygens (including phenoxy) is 1. The van der Waals surface area contributed by atoms with E-state index in [1.807, 2.05) is 25.1 Å². The number of fused-ring (bicyclic) bond motifs is 1. The first-order valence-corrected chi connectivity index (χ1v) is 8.42. The molecule has 1 N–H and O–H groups in total. The highest BCUT2D eigenvalue weighted by Crippen LogP contribution is 2.34. The fourth-order valence-corrected chi connectivity index (χ4v) is 3.39. The van der Waals surface area contributed by atoms with Gasteiger partial charge in [0.25, 0.3) is 5.91 Å². The Morgan fingerprint density at radius 3 is 2.78 bits per heavy atom. The predicted molar refractivity (Wildman–Crippen MR) is 88.6 cm³/mol. The van der Waals surface area contributed by atoms with Crippen LogP contribution in [0.3, 0.4) is 0 Å². The van der Waals surface area contributed by atoms with E-state index in [9.17, 15) is 9.59 Å². The zero-order valence-corrected chi connectivity index (χ0v) is 13.8. The first-order chi connectivity index (χ1) is 11.1. The number of rotatable bonds is 3. The maximum Gasteiger partial charge on any atom is 0.265 e. The van der Waals surface area contributed by atoms with E-state index in [0.717, 1.165) is 31.2 Å². The lowest BCUT2D eigenvalue weighted by molar-refractivity contribution is -0.128. The van der Waals surface area contributed by atoms with Crippen LogP contribution >= 0.6 is 0 Å². The second-order valence-electron chi connectivity index (χ2n) is 6.54. The standard InChI is InChI=1S/C18H24N2O3/c1-12-8-9-16-15(10-12)20(17(21)11-23-16)13(2)18(22)19-14-6-4-3-5-7-14/h8-10,13-14H,3-7,11H2,1-2H3,(H,19,22). The van der Waals surface area contributed by atoms with Gasteiger partial charge >= 0.3 is 0 Å². The molecule has 1 heterocycles. The number of benzene rings is 1. The predicted octanol–water partition coefficient (Wildman–Crippen LogP) is 2.56. The van der Waals surface area contributed by atoms with Gasteiger partial charge in [-0.3, -0.25) is 14.5 Å². The lowest BCUT2D eigenvalue weighted by Gasteiger charge is -2.34. The summed E-state index contributed by atoms with van der Waals surface area (Å²) in [4.78, 5) is 26.5. The molecule has 5 heteroatoms. The number of hydrogen-bond donors (Lipinski definition) is 1. The molecular weight excluding hydrogens is 292 g/mol. The summed E-state index contributed by atoms with van der Waals surface area (Å²) in [7, 11) is 0. The Balaban J connectivity index is 1.78. The van der Waals surface area contributed by atoms with Crippen LogP contribution in [0.15, 0.2) is 18.2 Å². The Hall–Kier alpha value is -2.04. The molecule has 1 atom stereocenters. The Bertz CT molecular complexity index is 608. The highest BCUT2D eigenvalue weighted by Gasteiger charge is 2.33. The van der Waals surface area contributed by atoms with E-state index in [2.05, 4.69) is 5.32 Å². The van der Waals surface area contributed by atoms with E-state index in [0.29, 0.717) is 11.4 Å². The number of nitrogens with zero attached hydrogens (tertiary/aromatic N) is 1. The lowest BCUT2D eigenvalue weighted by Crippen LogP contribution is -2.53. The Morgan fingerprint density at radius 2 is 2.04 bits per heavy atom. The molecule has 0 saturated heterocycles. The van der Waals surface area contributed by atoms with E-state index < -0.39 is 6.04 Å². The maximum absolute atomic E-state index is 12.6. The van der Waals surface area contributed by atoms with E-state index >= 15 is 0 Å². The molecule has 0 aromatic heterocycles. The van der Waals surface area contributed by atoms with Crippen LogP contribution in [-0.4, -0.2) is 30.5 Å². The topological polar surface area (TPSA) is 58.6 Å². The summed E-state index contributed by atoms with van der Waals surface area (Å²) in [6, 6.07) is 5.41. The Morgan fingerprint density at radius 1 is 1.30 bits per heavy atom. The highest BCUT2D eigenvalue weighted by molar-refractivity contribution is 6.03. The van der Waals surface area contributed by atoms with Crippen molar-refractivity contribution >= 4 is 17.5 Å². The summed E-state index contributed by atoms with van der Waals surface area (Å²) in [6.45, 7) is 3.73. The van der Waals surface area contributed by atoms with E-state index in [-0.39, 0.29) is 24.5 Å². The molecule has 2 aliphatic rings. The summed E-state index contributed by atoms with van der Waals surface area (Å²) in [5.41, 5.74) is 1.72. The summed E-state index contributed by atoms with van der Waals surface area (Å²) < 4.78 is 5.48. The highest BCUT2D eigenvalue weighted by atomic mass is 16.5. The third-order valence-electron chi connectivity index (χ3n) is 4.71. The van der Waals surface area contributed by atoms with E-state index in [4.69, 9.17) is 4.74 Å². The molecule has 1 unspecified atom stereocenters. The molecule has 5 nitrogen and oxygen atoms in total. The second-order valence-corrected chi connectivity index (χ2v) is 6.54. The van der Waals surface area contributed by atoms with Gasteiger partial charge in [0.05, 0.1) is 5.69 Å². The van der Waals surface area contributed by atoms with Crippen LogP contribution in [0.25, 0.3) is 0 Å². The zero-order chi connectivity index (χ0) is 16.4. The molecule has 1 aromatic carbocycles. The smallest absolute Gasteiger partial charge is 0.265 e. The molecular formula is C18H24N2O3. The first kappa shape index (κ1) is 15.8. The van der Waals surface area contributed by atoms with Gasteiger partial charge in [0, 0.05) is 6.04 Å². The largest absolute Gasteiger partial charge is 0.482 e. The fourth-order valence-electron chi connectivity index (χ4n) is 3.39. The first-order valence-electron chi connectivity index (χ1n) is 8.42. The van der Waals surface area contributed by atoms with Gasteiger partial charge in [-0.25, -0.2) is 0 Å². The fraction of sp³-hybridized carbons (Fsp3) is 0.556. The number of carbonyl (C=O) groups is 2. The molecule has 1 aromatic rings. The van der Waals surface area contributed by atoms with Crippen molar-refractivity contribution in [1.29, 1.82) is 0 Å². The van der Waals surface area contributed by atoms with Crippen LogP contribution in [0.1, 0.15) is 44.6 Å². The zero-order valence-electron chi connectivity index (χ0n) is 13.8. The van der Waals surface area contributed by atoms with Crippen LogP contribution in [0.5, 0.6) is 5.75 Å². The minimum atomic E-state index is -0.533. The van der Waals surface area contributed by atoms with Crippen LogP contribution < -0.4 is 15.0 Å². The van der Waals surface area contributed by atoms with Crippen LogP contribution in [0.4, 0.5) is 5.69 Å². The van der Waals surface area contributed by atoms with E-state index in [1.54, 1.807) is 11.8 Å². The van der Waals surface area contributed by atoms with Gasteiger partial charge in [-0.05, 0) is 44.4 Å². The average Bonchev–Trinajstić information content (AvgIpc) is 2.55. The Kier molecular flexibility index (Phi) is 4.55. The monoisotopic (exact) mass is 316 g/mol. The normalized spacial score (nSPS) is 19.7. The summed E-state index contributed by atoms with van der Waals surface area (Å²) in [5.74, 6) is 0.404. The number of amides is 2. The van der Waals surface area contributed by atoms with Crippen molar-refractivity contribution in [3.05, 3.63) is 23.8 Å². The number of aryl methyl sites for hydroxylation is 1. The van der Waals surface area contributed by atoms with Gasteiger partial charge in [0.2, 0.25) is 5.91 Å². The average molecular weight is 316 g/mol. The molecule has 1 aliphatic carbocycles. The van der Waals surface area contributed by atoms with Crippen molar-refractivity contribution in [2.24, 2.45) is 0 Å². The minimum absolute atomic E-state index is 0.0168. The number of carbonyl (C=O) groups excluding carboxylic acids is 2. The van der Waals surface area contributed by atoms with Crippen molar-refractivity contribution in [2.75, 3.05) is 11.5 Å². The van der Waals surface area contributed by atoms with Gasteiger partial charge in [0.15, 0.2) is 6.61 Å². The summed E-state index contributed by atoms with van der Waals surface area (Å²) in [5, 5.41) is 3.11. The van der Waals surface area contributed by atoms with E-state index in [1.165, 1.54) is 6.42 Å². The van der Waals surface area contributed by atoms with Gasteiger partial charge in [-0.15, -0.1) is 0 Å². The molecule has 0 bridgehead atoms. The third kappa shape index (κ3) is 3.33. The number of nitrogens with one attached hydrogen (secondary N) is 1. The molecule has 2 amide bonds. The van der Waals surface area contributed by atoms with Gasteiger partial charge in [-0.2, -0.15) is 0 Å². The Labute approximate surface area is 137 Å². The number of hydrogen-bond acceptors (Lipinski definition) is 3. The maximum atomic E-state index is 12.6. The number of anilines is 1. The SMILES string of the molecule is Cc1ccc2c(c1)N(C(C)C(=O)NC1CCCCC1)C(=O)CO2. The molecule has 1 aliphatic heterocycles. The third-order valence-corrected chi connectivity index (χ3v) is 4.71. The van der Waals surface area contributed by atoms with Crippen molar-refractivity contribution in [1.82, 2.24) is 5.32 Å².